The highest BCUT2D eigenvalue weighted by atomic mass is 31.2. The van der Waals surface area contributed by atoms with Crippen LogP contribution in [0.3, 0.4) is 0 Å². The third-order valence-electron chi connectivity index (χ3n) is 10.6. The lowest BCUT2D eigenvalue weighted by atomic mass is 9.85. The number of nitrogens with zero attached hydrogens (tertiary/aromatic N) is 2. The van der Waals surface area contributed by atoms with Gasteiger partial charge in [0.2, 0.25) is 0 Å². The largest absolute Gasteiger partial charge is 0.314 e. The summed E-state index contributed by atoms with van der Waals surface area (Å²) in [5.41, 5.74) is 11.5. The van der Waals surface area contributed by atoms with E-state index in [9.17, 15) is 4.57 Å². The third-order valence-corrected chi connectivity index (χ3v) is 13.3. The van der Waals surface area contributed by atoms with Crippen molar-refractivity contribution < 1.29 is 4.57 Å². The lowest BCUT2D eigenvalue weighted by Gasteiger charge is -2.21. The molecule has 0 saturated heterocycles. The Hall–Kier alpha value is -6.41. The van der Waals surface area contributed by atoms with Crippen LogP contribution >= 0.6 is 7.14 Å². The predicted octanol–water partition coefficient (Wildman–Crippen LogP) is 12.0. The minimum Gasteiger partial charge on any atom is -0.314 e. The van der Waals surface area contributed by atoms with Crippen LogP contribution in [0, 0.1) is 0 Å². The molecule has 3 nitrogen and oxygen atoms in total. The Morgan fingerprint density at radius 3 is 1.47 bits per heavy atom. The van der Waals surface area contributed by atoms with Crippen LogP contribution < -0.4 is 10.6 Å². The molecule has 4 heteroatoms. The van der Waals surface area contributed by atoms with Gasteiger partial charge < -0.3 is 4.57 Å². The fourth-order valence-electron chi connectivity index (χ4n) is 8.22. The Labute approximate surface area is 308 Å². The van der Waals surface area contributed by atoms with Gasteiger partial charge in [-0.2, -0.15) is 0 Å². The van der Waals surface area contributed by atoms with E-state index in [1.807, 2.05) is 61.3 Å². The molecule has 9 aromatic rings. The lowest BCUT2D eigenvalue weighted by molar-refractivity contribution is 0.591. The Kier molecular flexibility index (Phi) is 7.32. The number of hydrogen-bond donors (Lipinski definition) is 0. The maximum atomic E-state index is 14.8. The summed E-state index contributed by atoms with van der Waals surface area (Å²) in [5.74, 6) is 0.700. The molecule has 8 aromatic carbocycles. The van der Waals surface area contributed by atoms with Crippen LogP contribution in [-0.4, -0.2) is 16.6 Å². The quantitative estimate of drug-likeness (QED) is 0.133. The first-order valence-corrected chi connectivity index (χ1v) is 20.1. The van der Waals surface area contributed by atoms with E-state index in [2.05, 4.69) is 127 Å². The summed E-state index contributed by atoms with van der Waals surface area (Å²) in [6.07, 6.45) is 0. The van der Waals surface area contributed by atoms with Gasteiger partial charge in [-0.15, -0.1) is 0 Å². The third kappa shape index (κ3) is 5.08. The van der Waals surface area contributed by atoms with E-state index in [1.54, 1.807) is 0 Å². The molecule has 53 heavy (non-hydrogen) atoms. The molecule has 0 spiro atoms. The molecule has 1 atom stereocenters. The summed E-state index contributed by atoms with van der Waals surface area (Å²) in [5, 5.41) is 6.52. The van der Waals surface area contributed by atoms with Gasteiger partial charge >= 0.3 is 0 Å². The molecule has 1 aliphatic heterocycles. The van der Waals surface area contributed by atoms with Gasteiger partial charge in [0.1, 0.15) is 7.14 Å². The molecule has 0 radical (unpaired) electrons. The molecule has 1 aliphatic rings. The molecule has 0 saturated carbocycles. The summed E-state index contributed by atoms with van der Waals surface area (Å²) >= 11 is 0. The van der Waals surface area contributed by atoms with Crippen LogP contribution in [0.2, 0.25) is 0 Å². The molecule has 0 aliphatic carbocycles. The van der Waals surface area contributed by atoms with Crippen LogP contribution in [-0.2, 0) is 4.57 Å². The number of hydrogen-bond acceptors (Lipinski definition) is 3. The van der Waals surface area contributed by atoms with Crippen LogP contribution in [0.1, 0.15) is 0 Å². The minimum absolute atomic E-state index is 0.700. The molecule has 0 bridgehead atoms. The van der Waals surface area contributed by atoms with Crippen molar-refractivity contribution in [3.05, 3.63) is 182 Å². The van der Waals surface area contributed by atoms with Gasteiger partial charge in [0, 0.05) is 27.3 Å². The summed E-state index contributed by atoms with van der Waals surface area (Å²) < 4.78 is 14.8. The highest BCUT2D eigenvalue weighted by Gasteiger charge is 2.37. The number of benzene rings is 8. The SMILES string of the molecule is CP1(=O)c2ccccc2-c2cccc(-c3c4ccccc4c(-c4ccc(-c5cc(-c6ccccc6)nc(-c6ccccc6)n5)cc4)c4ccccc34)c21. The molecule has 10 rings (SSSR count). The molecular weight excluding hydrogens is 664 g/mol. The minimum atomic E-state index is -2.84. The highest BCUT2D eigenvalue weighted by Crippen LogP contribution is 2.54. The topological polar surface area (TPSA) is 42.9 Å². The van der Waals surface area contributed by atoms with E-state index in [0.29, 0.717) is 5.82 Å². The number of fused-ring (bicyclic) bond motifs is 5. The van der Waals surface area contributed by atoms with Crippen molar-refractivity contribution in [1.82, 2.24) is 9.97 Å². The zero-order valence-electron chi connectivity index (χ0n) is 29.1. The number of rotatable bonds is 5. The van der Waals surface area contributed by atoms with Crippen molar-refractivity contribution in [2.75, 3.05) is 6.66 Å². The zero-order chi connectivity index (χ0) is 35.5. The lowest BCUT2D eigenvalue weighted by Crippen LogP contribution is -2.11. The van der Waals surface area contributed by atoms with Gasteiger partial charge in [0.25, 0.3) is 0 Å². The van der Waals surface area contributed by atoms with E-state index in [1.165, 1.54) is 5.56 Å². The Balaban J connectivity index is 1.15. The Morgan fingerprint density at radius 2 is 0.849 bits per heavy atom. The van der Waals surface area contributed by atoms with Gasteiger partial charge in [0.15, 0.2) is 5.82 Å². The predicted molar refractivity (Wildman–Crippen MR) is 222 cm³/mol. The van der Waals surface area contributed by atoms with Crippen molar-refractivity contribution in [2.45, 2.75) is 0 Å². The molecule has 0 N–H and O–H groups in total. The molecule has 2 heterocycles. The first-order chi connectivity index (χ1) is 26.1. The van der Waals surface area contributed by atoms with Crippen molar-refractivity contribution >= 4 is 39.3 Å². The first kappa shape index (κ1) is 31.3. The van der Waals surface area contributed by atoms with E-state index < -0.39 is 7.14 Å². The molecule has 1 unspecified atom stereocenters. The molecule has 0 fully saturated rings. The van der Waals surface area contributed by atoms with E-state index in [4.69, 9.17) is 9.97 Å². The summed E-state index contributed by atoms with van der Waals surface area (Å²) in [7, 11) is -2.84. The second-order valence-electron chi connectivity index (χ2n) is 13.8. The van der Waals surface area contributed by atoms with Crippen LogP contribution in [0.25, 0.3) is 88.8 Å². The summed E-state index contributed by atoms with van der Waals surface area (Å²) in [4.78, 5) is 10.0. The average molecular weight is 697 g/mol. The fraction of sp³-hybridized carbons (Fsp3) is 0.0204. The van der Waals surface area contributed by atoms with Crippen LogP contribution in [0.5, 0.6) is 0 Å². The standard InChI is InChI=1S/C49H33N2OP/c1-53(52)45-26-13-12-19-36(45)41-24-14-25-42(48(41)53)47-39-22-10-8-20-37(39)46(38-21-9-11-23-40(38)47)34-29-27-33(28-30-34)44-31-43(32-15-4-2-5-16-32)50-49(51-44)35-17-6-3-7-18-35/h2-31H,1H3. The first-order valence-electron chi connectivity index (χ1n) is 17.9. The van der Waals surface area contributed by atoms with Crippen molar-refractivity contribution in [2.24, 2.45) is 0 Å². The summed E-state index contributed by atoms with van der Waals surface area (Å²) in [6.45, 7) is 1.94. The van der Waals surface area contributed by atoms with Gasteiger partial charge in [-0.25, -0.2) is 9.97 Å². The summed E-state index contributed by atoms with van der Waals surface area (Å²) in [6, 6.07) is 63.2. The van der Waals surface area contributed by atoms with Gasteiger partial charge in [0.05, 0.1) is 11.4 Å². The second kappa shape index (κ2) is 12.4. The smallest absolute Gasteiger partial charge is 0.160 e. The maximum absolute atomic E-state index is 14.8. The molecule has 250 valence electrons. The van der Waals surface area contributed by atoms with E-state index in [-0.39, 0.29) is 0 Å². The fourth-order valence-corrected chi connectivity index (χ4v) is 10.8. The Morgan fingerprint density at radius 1 is 0.396 bits per heavy atom. The van der Waals surface area contributed by atoms with E-state index in [0.717, 1.165) is 88.0 Å². The van der Waals surface area contributed by atoms with E-state index >= 15 is 0 Å². The van der Waals surface area contributed by atoms with Gasteiger partial charge in [-0.05, 0) is 67.7 Å². The maximum Gasteiger partial charge on any atom is 0.160 e. The molecule has 1 aromatic heterocycles. The molecular formula is C49H33N2OP. The normalized spacial score (nSPS) is 14.7. The Bertz CT molecular complexity index is 2800. The van der Waals surface area contributed by atoms with Crippen molar-refractivity contribution in [3.63, 3.8) is 0 Å². The molecule has 0 amide bonds. The highest BCUT2D eigenvalue weighted by molar-refractivity contribution is 7.79. The van der Waals surface area contributed by atoms with Gasteiger partial charge in [-0.3, -0.25) is 0 Å². The monoisotopic (exact) mass is 696 g/mol. The number of aromatic nitrogens is 2. The van der Waals surface area contributed by atoms with Crippen LogP contribution in [0.15, 0.2) is 182 Å². The second-order valence-corrected chi connectivity index (χ2v) is 16.5. The zero-order valence-corrected chi connectivity index (χ0v) is 30.0. The van der Waals surface area contributed by atoms with Crippen molar-refractivity contribution in [3.8, 4) is 67.3 Å². The van der Waals surface area contributed by atoms with Crippen molar-refractivity contribution in [1.29, 1.82) is 0 Å². The average Bonchev–Trinajstić information content (AvgIpc) is 3.46. The van der Waals surface area contributed by atoms with Gasteiger partial charge in [-0.1, -0.05) is 176 Å². The van der Waals surface area contributed by atoms with Crippen LogP contribution in [0.4, 0.5) is 0 Å².